The molecule has 0 aliphatic heterocycles. The van der Waals surface area contributed by atoms with E-state index in [1.165, 1.54) is 77.0 Å². The van der Waals surface area contributed by atoms with Crippen molar-refractivity contribution in [2.45, 2.75) is 226 Å². The number of rotatable bonds is 45. The van der Waals surface area contributed by atoms with Gasteiger partial charge in [0.15, 0.2) is 6.10 Å². The van der Waals surface area contributed by atoms with E-state index in [1.54, 1.807) is 0 Å². The highest BCUT2D eigenvalue weighted by molar-refractivity contribution is 5.71. The van der Waals surface area contributed by atoms with E-state index in [0.717, 1.165) is 89.9 Å². The molecule has 0 aromatic rings. The Morgan fingerprint density at radius 2 is 0.625 bits per heavy atom. The van der Waals surface area contributed by atoms with E-state index in [4.69, 9.17) is 14.2 Å². The van der Waals surface area contributed by atoms with Crippen molar-refractivity contribution in [3.05, 3.63) is 109 Å². The molecule has 0 aromatic carbocycles. The molecule has 0 N–H and O–H groups in total. The molecule has 1 atom stereocenters. The third-order valence-corrected chi connectivity index (χ3v) is 10.5. The van der Waals surface area contributed by atoms with Crippen molar-refractivity contribution in [3.63, 3.8) is 0 Å². The average molecular weight is 887 g/mol. The van der Waals surface area contributed by atoms with Gasteiger partial charge in [-0.05, 0) is 116 Å². The van der Waals surface area contributed by atoms with E-state index < -0.39 is 6.10 Å². The summed E-state index contributed by atoms with van der Waals surface area (Å²) in [5, 5.41) is 0. The monoisotopic (exact) mass is 887 g/mol. The van der Waals surface area contributed by atoms with E-state index >= 15 is 0 Å². The van der Waals surface area contributed by atoms with Gasteiger partial charge in [-0.25, -0.2) is 0 Å². The van der Waals surface area contributed by atoms with E-state index in [2.05, 4.69) is 130 Å². The Kier molecular flexibility index (Phi) is 48.5. The van der Waals surface area contributed by atoms with Gasteiger partial charge in [0.25, 0.3) is 0 Å². The van der Waals surface area contributed by atoms with E-state index in [9.17, 15) is 14.4 Å². The first-order chi connectivity index (χ1) is 31.5. The SMILES string of the molecule is CC/C=C\C/C=C\C/C=C\C/C=C\C/C=C\CCCC(=O)OCC(COC(=O)CCCC/C=C\C/C=C\C/C=C\CC)OC(=O)CCCCCCCCC/C=C\CCCCCCCC. The summed E-state index contributed by atoms with van der Waals surface area (Å²) in [4.78, 5) is 37.9. The molecule has 0 bridgehead atoms. The first-order valence-electron chi connectivity index (χ1n) is 25.9. The lowest BCUT2D eigenvalue weighted by Gasteiger charge is -2.18. The number of hydrogen-bond donors (Lipinski definition) is 0. The molecule has 6 nitrogen and oxygen atoms in total. The Hall–Kier alpha value is -3.93. The van der Waals surface area contributed by atoms with Crippen LogP contribution in [-0.2, 0) is 28.6 Å². The maximum absolute atomic E-state index is 12.8. The van der Waals surface area contributed by atoms with Crippen LogP contribution in [0.25, 0.3) is 0 Å². The zero-order valence-corrected chi connectivity index (χ0v) is 41.3. The van der Waals surface area contributed by atoms with Gasteiger partial charge in [-0.1, -0.05) is 194 Å². The molecule has 64 heavy (non-hydrogen) atoms. The standard InChI is InChI=1S/C58H94O6/c1-4-7-10-13-16-19-22-25-27-29-31-33-36-39-42-45-48-51-57(60)63-54-55(53-62-56(59)50-47-44-41-38-35-24-21-18-15-12-9-6-3)64-58(61)52-49-46-43-40-37-34-32-30-28-26-23-20-17-14-11-8-5-2/h7,9-10,12,16,18-19,21,25-28,31,33,35,38-39,42,55H,4-6,8,11,13-15,17,20,22-24,29-30,32,34,36-37,40-41,43-54H2,1-3H3/b10-7-,12-9-,19-16-,21-18-,27-25-,28-26-,33-31-,38-35-,42-39-. The number of hydrogen-bond acceptors (Lipinski definition) is 6. The van der Waals surface area contributed by atoms with Crippen LogP contribution in [-0.4, -0.2) is 37.2 Å². The summed E-state index contributed by atoms with van der Waals surface area (Å²) in [6.07, 6.45) is 69.4. The van der Waals surface area contributed by atoms with Gasteiger partial charge in [-0.3, -0.25) is 14.4 Å². The minimum atomic E-state index is -0.820. The summed E-state index contributed by atoms with van der Waals surface area (Å²) >= 11 is 0. The molecule has 0 aliphatic rings. The zero-order valence-electron chi connectivity index (χ0n) is 41.3. The lowest BCUT2D eigenvalue weighted by atomic mass is 10.1. The molecule has 0 amide bonds. The fourth-order valence-electron chi connectivity index (χ4n) is 6.66. The summed E-state index contributed by atoms with van der Waals surface area (Å²) < 4.78 is 16.7. The summed E-state index contributed by atoms with van der Waals surface area (Å²) in [6, 6.07) is 0. The second kappa shape index (κ2) is 51.7. The fourth-order valence-corrected chi connectivity index (χ4v) is 6.66. The van der Waals surface area contributed by atoms with Gasteiger partial charge in [-0.2, -0.15) is 0 Å². The first kappa shape index (κ1) is 60.1. The first-order valence-corrected chi connectivity index (χ1v) is 25.9. The van der Waals surface area contributed by atoms with Crippen molar-refractivity contribution in [2.24, 2.45) is 0 Å². The number of carbonyl (C=O) groups excluding carboxylic acids is 3. The second-order valence-electron chi connectivity index (χ2n) is 16.7. The molecule has 0 aliphatic carbocycles. The molecule has 0 radical (unpaired) electrons. The number of esters is 3. The minimum absolute atomic E-state index is 0.119. The maximum Gasteiger partial charge on any atom is 0.306 e. The number of carbonyl (C=O) groups is 3. The van der Waals surface area contributed by atoms with Crippen LogP contribution in [0, 0.1) is 0 Å². The quantitative estimate of drug-likeness (QED) is 0.0262. The van der Waals surface area contributed by atoms with Crippen LogP contribution >= 0.6 is 0 Å². The molecular weight excluding hydrogens is 793 g/mol. The van der Waals surface area contributed by atoms with E-state index in [0.29, 0.717) is 25.7 Å². The van der Waals surface area contributed by atoms with Gasteiger partial charge in [0.1, 0.15) is 13.2 Å². The molecule has 362 valence electrons. The lowest BCUT2D eigenvalue weighted by Crippen LogP contribution is -2.30. The topological polar surface area (TPSA) is 78.9 Å². The third-order valence-electron chi connectivity index (χ3n) is 10.5. The van der Waals surface area contributed by atoms with E-state index in [1.807, 2.05) is 0 Å². The zero-order chi connectivity index (χ0) is 46.5. The lowest BCUT2D eigenvalue weighted by molar-refractivity contribution is -0.167. The predicted molar refractivity (Wildman–Crippen MR) is 274 cm³/mol. The van der Waals surface area contributed by atoms with Crippen molar-refractivity contribution in [3.8, 4) is 0 Å². The van der Waals surface area contributed by atoms with Crippen LogP contribution in [0.3, 0.4) is 0 Å². The Balaban J connectivity index is 4.52. The van der Waals surface area contributed by atoms with Crippen LogP contribution in [0.5, 0.6) is 0 Å². The largest absolute Gasteiger partial charge is 0.462 e. The molecule has 0 heterocycles. The highest BCUT2D eigenvalue weighted by Gasteiger charge is 2.19. The summed E-state index contributed by atoms with van der Waals surface area (Å²) in [5.41, 5.74) is 0. The third kappa shape index (κ3) is 49.1. The molecule has 0 rings (SSSR count). The van der Waals surface area contributed by atoms with Crippen molar-refractivity contribution in [1.29, 1.82) is 0 Å². The van der Waals surface area contributed by atoms with Gasteiger partial charge in [0.2, 0.25) is 0 Å². The fraction of sp³-hybridized carbons (Fsp3) is 0.638. The second-order valence-corrected chi connectivity index (χ2v) is 16.7. The Labute approximate surface area is 393 Å². The van der Waals surface area contributed by atoms with Gasteiger partial charge >= 0.3 is 17.9 Å². The van der Waals surface area contributed by atoms with Crippen molar-refractivity contribution in [1.82, 2.24) is 0 Å². The van der Waals surface area contributed by atoms with Crippen LogP contribution in [0.2, 0.25) is 0 Å². The maximum atomic E-state index is 12.8. The highest BCUT2D eigenvalue weighted by atomic mass is 16.6. The van der Waals surface area contributed by atoms with Gasteiger partial charge in [0.05, 0.1) is 0 Å². The Morgan fingerprint density at radius 1 is 0.328 bits per heavy atom. The molecule has 0 saturated carbocycles. The molecule has 0 aromatic heterocycles. The Bertz CT molecular complexity index is 1340. The van der Waals surface area contributed by atoms with Gasteiger partial charge in [-0.15, -0.1) is 0 Å². The van der Waals surface area contributed by atoms with Crippen LogP contribution < -0.4 is 0 Å². The molecule has 0 saturated heterocycles. The van der Waals surface area contributed by atoms with Crippen LogP contribution in [0.15, 0.2) is 109 Å². The highest BCUT2D eigenvalue weighted by Crippen LogP contribution is 2.13. The normalized spacial score (nSPS) is 13.0. The molecule has 1 unspecified atom stereocenters. The van der Waals surface area contributed by atoms with Crippen LogP contribution in [0.4, 0.5) is 0 Å². The molecule has 0 fully saturated rings. The molecular formula is C58H94O6. The van der Waals surface area contributed by atoms with Crippen molar-refractivity contribution < 1.29 is 28.6 Å². The summed E-state index contributed by atoms with van der Waals surface area (Å²) in [5.74, 6) is -1.02. The molecule has 6 heteroatoms. The van der Waals surface area contributed by atoms with E-state index in [-0.39, 0.29) is 37.5 Å². The number of allylic oxidation sites excluding steroid dienone is 18. The van der Waals surface area contributed by atoms with Gasteiger partial charge in [0, 0.05) is 19.3 Å². The minimum Gasteiger partial charge on any atom is -0.462 e. The summed E-state index contributed by atoms with van der Waals surface area (Å²) in [7, 11) is 0. The summed E-state index contributed by atoms with van der Waals surface area (Å²) in [6.45, 7) is 6.30. The Morgan fingerprint density at radius 3 is 1.06 bits per heavy atom. The molecule has 0 spiro atoms. The average Bonchev–Trinajstić information content (AvgIpc) is 3.29. The van der Waals surface area contributed by atoms with Crippen LogP contribution in [0.1, 0.15) is 220 Å². The van der Waals surface area contributed by atoms with Crippen molar-refractivity contribution in [2.75, 3.05) is 13.2 Å². The number of ether oxygens (including phenoxy) is 3. The predicted octanol–water partition coefficient (Wildman–Crippen LogP) is 17.1. The van der Waals surface area contributed by atoms with Crippen molar-refractivity contribution >= 4 is 17.9 Å². The smallest absolute Gasteiger partial charge is 0.306 e. The number of unbranched alkanes of at least 4 members (excludes halogenated alkanes) is 16. The van der Waals surface area contributed by atoms with Gasteiger partial charge < -0.3 is 14.2 Å².